The molecule has 4 heteroatoms. The Balaban J connectivity index is 2.15. The number of hydrogen-bond acceptors (Lipinski definition) is 1. The molecule has 0 aliphatic carbocycles. The lowest BCUT2D eigenvalue weighted by atomic mass is 10.2. The minimum Gasteiger partial charge on any atom is -0.544 e. The van der Waals surface area contributed by atoms with Crippen LogP contribution in [-0.2, 0) is 0 Å². The summed E-state index contributed by atoms with van der Waals surface area (Å²) in [6, 6.07) is 13.2. The summed E-state index contributed by atoms with van der Waals surface area (Å²) in [7, 11) is -1.81. The largest absolute Gasteiger partial charge is 0.544 e. The molecule has 1 nitrogen and oxygen atoms in total. The fraction of sp³-hybridized carbons (Fsp3) is 0.300. The van der Waals surface area contributed by atoms with E-state index >= 15 is 0 Å². The van der Waals surface area contributed by atoms with Crippen LogP contribution in [0.25, 0.3) is 0 Å². The first-order valence-electron chi connectivity index (χ1n) is 7.84. The third-order valence-corrected chi connectivity index (χ3v) is 9.04. The number of hydrogen-bond donors (Lipinski definition) is 0. The smallest absolute Gasteiger partial charge is 0.250 e. The van der Waals surface area contributed by atoms with Crippen molar-refractivity contribution in [2.24, 2.45) is 0 Å². The number of benzene rings is 2. The fourth-order valence-electron chi connectivity index (χ4n) is 1.82. The van der Waals surface area contributed by atoms with Crippen LogP contribution in [0.1, 0.15) is 31.9 Å². The highest BCUT2D eigenvalue weighted by molar-refractivity contribution is 6.74. The maximum absolute atomic E-state index is 6.27. The lowest BCUT2D eigenvalue weighted by Crippen LogP contribution is -2.43. The zero-order valence-corrected chi connectivity index (χ0v) is 17.2. The topological polar surface area (TPSA) is 9.23 Å². The molecule has 2 aromatic rings. The summed E-state index contributed by atoms with van der Waals surface area (Å²) < 4.78 is 6.27. The van der Waals surface area contributed by atoms with E-state index in [-0.39, 0.29) is 5.04 Å². The van der Waals surface area contributed by atoms with Gasteiger partial charge in [0.15, 0.2) is 0 Å². The van der Waals surface area contributed by atoms with E-state index in [1.165, 1.54) is 0 Å². The highest BCUT2D eigenvalue weighted by Gasteiger charge is 2.38. The molecule has 0 amide bonds. The lowest BCUT2D eigenvalue weighted by molar-refractivity contribution is 0.492. The van der Waals surface area contributed by atoms with Crippen LogP contribution in [0.2, 0.25) is 28.2 Å². The van der Waals surface area contributed by atoms with E-state index in [0.29, 0.717) is 10.0 Å². The van der Waals surface area contributed by atoms with Crippen LogP contribution in [0.4, 0.5) is 0 Å². The first-order valence-corrected chi connectivity index (χ1v) is 11.5. The average Bonchev–Trinajstić information content (AvgIpc) is 2.44. The fourth-order valence-corrected chi connectivity index (χ4v) is 3.38. The summed E-state index contributed by atoms with van der Waals surface area (Å²) >= 11 is 12.0. The van der Waals surface area contributed by atoms with Crippen LogP contribution in [0.5, 0.6) is 5.75 Å². The maximum Gasteiger partial charge on any atom is 0.250 e. The second-order valence-corrected chi connectivity index (χ2v) is 12.9. The van der Waals surface area contributed by atoms with E-state index < -0.39 is 8.32 Å². The highest BCUT2D eigenvalue weighted by atomic mass is 35.5. The minimum absolute atomic E-state index is 0.178. The second kappa shape index (κ2) is 7.23. The first kappa shape index (κ1) is 18.9. The SMILES string of the molecule is CC(C)(C)[Si](C)(C)Oc1ccc(C#Cc2cc(Cl)cc(Cl)c2)cc1. The van der Waals surface area contributed by atoms with E-state index in [4.69, 9.17) is 27.6 Å². The Morgan fingerprint density at radius 1 is 0.833 bits per heavy atom. The van der Waals surface area contributed by atoms with Gasteiger partial charge in [0.1, 0.15) is 5.75 Å². The normalized spacial score (nSPS) is 11.6. The van der Waals surface area contributed by atoms with Gasteiger partial charge in [0.05, 0.1) is 0 Å². The number of rotatable bonds is 2. The standard InChI is InChI=1S/C20H22Cl2OSi/c1-20(2,3)24(4,5)23-19-10-8-15(9-11-19)6-7-16-12-17(21)14-18(22)13-16/h8-14H,1-5H3. The van der Waals surface area contributed by atoms with Crippen molar-refractivity contribution >= 4 is 31.5 Å². The van der Waals surface area contributed by atoms with Gasteiger partial charge in [-0.3, -0.25) is 0 Å². The molecule has 0 fully saturated rings. The Morgan fingerprint density at radius 3 is 1.83 bits per heavy atom. The molecule has 0 unspecified atom stereocenters. The van der Waals surface area contributed by atoms with Gasteiger partial charge < -0.3 is 4.43 Å². The van der Waals surface area contributed by atoms with E-state index in [9.17, 15) is 0 Å². The van der Waals surface area contributed by atoms with Gasteiger partial charge in [0.2, 0.25) is 8.32 Å². The van der Waals surface area contributed by atoms with Gasteiger partial charge in [-0.1, -0.05) is 55.8 Å². The molecular formula is C20H22Cl2OSi. The summed E-state index contributed by atoms with van der Waals surface area (Å²) in [6.45, 7) is 11.2. The summed E-state index contributed by atoms with van der Waals surface area (Å²) in [5.74, 6) is 7.11. The molecule has 24 heavy (non-hydrogen) atoms. The van der Waals surface area contributed by atoms with Gasteiger partial charge in [-0.15, -0.1) is 0 Å². The van der Waals surface area contributed by atoms with Gasteiger partial charge in [0.25, 0.3) is 0 Å². The van der Waals surface area contributed by atoms with Gasteiger partial charge in [-0.05, 0) is 60.6 Å². The van der Waals surface area contributed by atoms with Gasteiger partial charge in [-0.25, -0.2) is 0 Å². The quantitative estimate of drug-likeness (QED) is 0.414. The summed E-state index contributed by atoms with van der Waals surface area (Å²) in [5.41, 5.74) is 1.72. The van der Waals surface area contributed by atoms with Crippen molar-refractivity contribution in [1.29, 1.82) is 0 Å². The molecule has 0 heterocycles. The van der Waals surface area contributed by atoms with Crippen LogP contribution in [-0.4, -0.2) is 8.32 Å². The predicted octanol–water partition coefficient (Wildman–Crippen LogP) is 6.78. The minimum atomic E-state index is -1.81. The van der Waals surface area contributed by atoms with Crippen LogP contribution < -0.4 is 4.43 Å². The predicted molar refractivity (Wildman–Crippen MR) is 107 cm³/mol. The lowest BCUT2D eigenvalue weighted by Gasteiger charge is -2.36. The van der Waals surface area contributed by atoms with Crippen molar-refractivity contribution in [3.05, 3.63) is 63.6 Å². The monoisotopic (exact) mass is 376 g/mol. The van der Waals surface area contributed by atoms with E-state index in [1.807, 2.05) is 24.3 Å². The second-order valence-electron chi connectivity index (χ2n) is 7.29. The van der Waals surface area contributed by atoms with Crippen molar-refractivity contribution in [1.82, 2.24) is 0 Å². The Kier molecular flexibility index (Phi) is 5.70. The van der Waals surface area contributed by atoms with Crippen molar-refractivity contribution < 1.29 is 4.43 Å². The molecule has 0 bridgehead atoms. The molecule has 0 atom stereocenters. The average molecular weight is 377 g/mol. The van der Waals surface area contributed by atoms with Crippen molar-refractivity contribution in [2.75, 3.05) is 0 Å². The molecule has 0 aliphatic heterocycles. The Bertz CT molecular complexity index is 758. The molecule has 0 radical (unpaired) electrons. The molecule has 2 rings (SSSR count). The Morgan fingerprint density at radius 2 is 1.33 bits per heavy atom. The Labute approximate surface area is 156 Å². The third kappa shape index (κ3) is 5.04. The molecular weight excluding hydrogens is 355 g/mol. The van der Waals surface area contributed by atoms with E-state index in [2.05, 4.69) is 45.7 Å². The molecule has 0 aliphatic rings. The molecule has 0 spiro atoms. The summed E-state index contributed by atoms with van der Waals surface area (Å²) in [6.07, 6.45) is 0. The van der Waals surface area contributed by atoms with Crippen LogP contribution in [0.3, 0.4) is 0 Å². The van der Waals surface area contributed by atoms with Crippen LogP contribution in [0, 0.1) is 11.8 Å². The van der Waals surface area contributed by atoms with Gasteiger partial charge >= 0.3 is 0 Å². The molecule has 126 valence electrons. The third-order valence-electron chi connectivity index (χ3n) is 4.25. The van der Waals surface area contributed by atoms with E-state index in [1.54, 1.807) is 18.2 Å². The summed E-state index contributed by atoms with van der Waals surface area (Å²) in [5, 5.41) is 1.35. The van der Waals surface area contributed by atoms with Gasteiger partial charge in [-0.2, -0.15) is 0 Å². The zero-order chi connectivity index (χ0) is 18.0. The highest BCUT2D eigenvalue weighted by Crippen LogP contribution is 2.37. The number of halogens is 2. The van der Waals surface area contributed by atoms with Crippen molar-refractivity contribution in [3.63, 3.8) is 0 Å². The van der Waals surface area contributed by atoms with Crippen LogP contribution >= 0.6 is 23.2 Å². The van der Waals surface area contributed by atoms with Crippen LogP contribution in [0.15, 0.2) is 42.5 Å². The van der Waals surface area contributed by atoms with E-state index in [0.717, 1.165) is 16.9 Å². The Hall–Kier alpha value is -1.40. The molecule has 2 aromatic carbocycles. The molecule has 0 saturated carbocycles. The molecule has 0 saturated heterocycles. The maximum atomic E-state index is 6.27. The zero-order valence-electron chi connectivity index (χ0n) is 14.7. The molecule has 0 aromatic heterocycles. The first-order chi connectivity index (χ1) is 11.1. The molecule has 0 N–H and O–H groups in total. The van der Waals surface area contributed by atoms with Crippen molar-refractivity contribution in [2.45, 2.75) is 38.9 Å². The van der Waals surface area contributed by atoms with Crippen molar-refractivity contribution in [3.8, 4) is 17.6 Å². The summed E-state index contributed by atoms with van der Waals surface area (Å²) in [4.78, 5) is 0. The van der Waals surface area contributed by atoms with Gasteiger partial charge in [0, 0.05) is 21.2 Å².